The molecule has 0 bridgehead atoms. The topological polar surface area (TPSA) is 84.5 Å². The second-order valence-electron chi connectivity index (χ2n) is 9.87. The molecule has 4 rings (SSSR count). The van der Waals surface area contributed by atoms with Crippen molar-refractivity contribution in [3.05, 3.63) is 112 Å². The van der Waals surface area contributed by atoms with Crippen LogP contribution < -0.4 is 14.8 Å². The SMILES string of the molecule is CC(C)c1cccc(C(C)C)c1NC(=O)c1cc(Cl)ccc1NS(=O)(=O)c1ccc(Oc2ccccc2Cl)cc1. The summed E-state index contributed by atoms with van der Waals surface area (Å²) < 4.78 is 34.9. The zero-order valence-electron chi connectivity index (χ0n) is 22.5. The number of rotatable bonds is 9. The summed E-state index contributed by atoms with van der Waals surface area (Å²) in [6.07, 6.45) is 0. The Balaban J connectivity index is 1.61. The number of para-hydroxylation sites is 2. The van der Waals surface area contributed by atoms with E-state index in [-0.39, 0.29) is 28.0 Å². The average molecular weight is 598 g/mol. The summed E-state index contributed by atoms with van der Waals surface area (Å²) in [6.45, 7) is 8.22. The van der Waals surface area contributed by atoms with Crippen molar-refractivity contribution in [2.75, 3.05) is 10.0 Å². The Morgan fingerprint density at radius 2 is 1.43 bits per heavy atom. The second-order valence-corrected chi connectivity index (χ2v) is 12.4. The van der Waals surface area contributed by atoms with Crippen LogP contribution in [0.4, 0.5) is 11.4 Å². The lowest BCUT2D eigenvalue weighted by Crippen LogP contribution is -2.20. The molecule has 6 nitrogen and oxygen atoms in total. The van der Waals surface area contributed by atoms with Crippen LogP contribution in [-0.4, -0.2) is 14.3 Å². The Kier molecular flexibility index (Phi) is 9.08. The fourth-order valence-electron chi connectivity index (χ4n) is 4.21. The highest BCUT2D eigenvalue weighted by molar-refractivity contribution is 7.92. The first-order valence-electron chi connectivity index (χ1n) is 12.7. The van der Waals surface area contributed by atoms with Gasteiger partial charge in [-0.3, -0.25) is 9.52 Å². The molecule has 1 amide bonds. The number of hydrogen-bond acceptors (Lipinski definition) is 4. The molecule has 0 atom stereocenters. The summed E-state index contributed by atoms with van der Waals surface area (Å²) in [4.78, 5) is 13.6. The summed E-state index contributed by atoms with van der Waals surface area (Å²) in [6, 6.07) is 23.3. The predicted molar refractivity (Wildman–Crippen MR) is 163 cm³/mol. The van der Waals surface area contributed by atoms with Crippen LogP contribution in [0.25, 0.3) is 0 Å². The van der Waals surface area contributed by atoms with Crippen LogP contribution in [0.5, 0.6) is 11.5 Å². The Labute approximate surface area is 245 Å². The Bertz CT molecular complexity index is 1610. The van der Waals surface area contributed by atoms with E-state index in [0.717, 1.165) is 16.8 Å². The third-order valence-corrected chi connectivity index (χ3v) is 8.21. The lowest BCUT2D eigenvalue weighted by Gasteiger charge is -2.21. The van der Waals surface area contributed by atoms with Gasteiger partial charge in [-0.25, -0.2) is 8.42 Å². The minimum Gasteiger partial charge on any atom is -0.456 e. The molecule has 0 unspecified atom stereocenters. The number of anilines is 2. The highest BCUT2D eigenvalue weighted by Gasteiger charge is 2.22. The van der Waals surface area contributed by atoms with Crippen molar-refractivity contribution in [3.8, 4) is 11.5 Å². The molecule has 0 aliphatic heterocycles. The van der Waals surface area contributed by atoms with Crippen LogP contribution in [-0.2, 0) is 10.0 Å². The average Bonchev–Trinajstić information content (AvgIpc) is 2.91. The summed E-state index contributed by atoms with van der Waals surface area (Å²) in [7, 11) is -4.05. The second kappa shape index (κ2) is 12.3. The first kappa shape index (κ1) is 29.5. The van der Waals surface area contributed by atoms with E-state index >= 15 is 0 Å². The molecular formula is C31H30Cl2N2O4S. The van der Waals surface area contributed by atoms with Crippen LogP contribution >= 0.6 is 23.2 Å². The highest BCUT2D eigenvalue weighted by atomic mass is 35.5. The number of hydrogen-bond donors (Lipinski definition) is 2. The van der Waals surface area contributed by atoms with E-state index < -0.39 is 15.9 Å². The molecule has 0 aliphatic carbocycles. The third kappa shape index (κ3) is 6.78. The van der Waals surface area contributed by atoms with Gasteiger partial charge in [0.1, 0.15) is 11.5 Å². The number of ether oxygens (including phenoxy) is 1. The van der Waals surface area contributed by atoms with Crippen LogP contribution in [0.3, 0.4) is 0 Å². The Morgan fingerprint density at radius 3 is 2.02 bits per heavy atom. The summed E-state index contributed by atoms with van der Waals surface area (Å²) in [5.41, 5.74) is 2.90. The Morgan fingerprint density at radius 1 is 0.800 bits per heavy atom. The first-order chi connectivity index (χ1) is 19.0. The minimum absolute atomic E-state index is 0.00688. The van der Waals surface area contributed by atoms with Gasteiger partial charge in [0.15, 0.2) is 0 Å². The maximum absolute atomic E-state index is 13.6. The first-order valence-corrected chi connectivity index (χ1v) is 15.0. The van der Waals surface area contributed by atoms with E-state index in [2.05, 4.69) is 37.7 Å². The number of amides is 1. The van der Waals surface area contributed by atoms with Crippen LogP contribution in [0.1, 0.15) is 61.0 Å². The molecular weight excluding hydrogens is 567 g/mol. The fourth-order valence-corrected chi connectivity index (χ4v) is 5.64. The van der Waals surface area contributed by atoms with Crippen LogP contribution in [0.15, 0.2) is 89.8 Å². The van der Waals surface area contributed by atoms with Crippen molar-refractivity contribution < 1.29 is 17.9 Å². The van der Waals surface area contributed by atoms with Gasteiger partial charge in [-0.2, -0.15) is 0 Å². The van der Waals surface area contributed by atoms with Crippen molar-refractivity contribution in [2.45, 2.75) is 44.4 Å². The smallest absolute Gasteiger partial charge is 0.261 e. The lowest BCUT2D eigenvalue weighted by molar-refractivity contribution is 0.102. The maximum Gasteiger partial charge on any atom is 0.261 e. The molecule has 0 spiro atoms. The van der Waals surface area contributed by atoms with Gasteiger partial charge in [-0.1, -0.05) is 81.2 Å². The van der Waals surface area contributed by atoms with Gasteiger partial charge < -0.3 is 10.1 Å². The normalized spacial score (nSPS) is 11.5. The maximum atomic E-state index is 13.6. The fraction of sp³-hybridized carbons (Fsp3) is 0.194. The number of benzene rings is 4. The van der Waals surface area contributed by atoms with Gasteiger partial charge in [0, 0.05) is 10.7 Å². The molecule has 9 heteroatoms. The van der Waals surface area contributed by atoms with E-state index in [1.807, 2.05) is 18.2 Å². The van der Waals surface area contributed by atoms with Gasteiger partial charge in [0.25, 0.3) is 15.9 Å². The largest absolute Gasteiger partial charge is 0.456 e. The molecule has 0 radical (unpaired) electrons. The van der Waals surface area contributed by atoms with E-state index in [0.29, 0.717) is 21.5 Å². The molecule has 0 saturated heterocycles. The van der Waals surface area contributed by atoms with Crippen molar-refractivity contribution in [2.24, 2.45) is 0 Å². The molecule has 0 aliphatic rings. The number of halogens is 2. The Hall–Kier alpha value is -3.52. The molecule has 4 aromatic rings. The molecule has 0 heterocycles. The van der Waals surface area contributed by atoms with Crippen molar-refractivity contribution in [1.82, 2.24) is 0 Å². The molecule has 4 aromatic carbocycles. The number of nitrogens with one attached hydrogen (secondary N) is 2. The van der Waals surface area contributed by atoms with E-state index in [4.69, 9.17) is 27.9 Å². The highest BCUT2D eigenvalue weighted by Crippen LogP contribution is 2.34. The summed E-state index contributed by atoms with van der Waals surface area (Å²) in [5, 5.41) is 3.76. The standard InChI is InChI=1S/C31H30Cl2N2O4S/c1-19(2)24-8-7-9-25(20(3)4)30(24)34-31(36)26-18-21(32)12-17-28(26)35-40(37,38)23-15-13-22(14-16-23)39-29-11-6-5-10-27(29)33/h5-20,35H,1-4H3,(H,34,36). The van der Waals surface area contributed by atoms with E-state index in [9.17, 15) is 13.2 Å². The van der Waals surface area contributed by atoms with Gasteiger partial charge in [0.2, 0.25) is 0 Å². The van der Waals surface area contributed by atoms with Gasteiger partial charge >= 0.3 is 0 Å². The number of sulfonamides is 1. The number of carbonyl (C=O) groups excluding carboxylic acids is 1. The quantitative estimate of drug-likeness (QED) is 0.202. The summed E-state index contributed by atoms with van der Waals surface area (Å²) >= 11 is 12.4. The molecule has 0 fully saturated rings. The van der Waals surface area contributed by atoms with Crippen LogP contribution in [0, 0.1) is 0 Å². The summed E-state index contributed by atoms with van der Waals surface area (Å²) in [5.74, 6) is 0.726. The zero-order chi connectivity index (χ0) is 29.0. The van der Waals surface area contributed by atoms with E-state index in [1.54, 1.807) is 24.3 Å². The lowest BCUT2D eigenvalue weighted by atomic mass is 9.92. The molecule has 2 N–H and O–H groups in total. The minimum atomic E-state index is -4.05. The third-order valence-electron chi connectivity index (χ3n) is 6.28. The van der Waals surface area contributed by atoms with Gasteiger partial charge in [0.05, 0.1) is 21.2 Å². The molecule has 40 heavy (non-hydrogen) atoms. The zero-order valence-corrected chi connectivity index (χ0v) is 24.9. The van der Waals surface area contributed by atoms with Gasteiger partial charge in [-0.15, -0.1) is 0 Å². The van der Waals surface area contributed by atoms with E-state index in [1.165, 1.54) is 42.5 Å². The predicted octanol–water partition coefficient (Wildman–Crippen LogP) is 9.09. The van der Waals surface area contributed by atoms with Crippen molar-refractivity contribution in [3.63, 3.8) is 0 Å². The number of carbonyl (C=O) groups is 1. The van der Waals surface area contributed by atoms with Crippen LogP contribution in [0.2, 0.25) is 10.0 Å². The monoisotopic (exact) mass is 596 g/mol. The van der Waals surface area contributed by atoms with Crippen molar-refractivity contribution >= 4 is 50.5 Å². The molecule has 0 aromatic heterocycles. The van der Waals surface area contributed by atoms with Crippen molar-refractivity contribution in [1.29, 1.82) is 0 Å². The van der Waals surface area contributed by atoms with Gasteiger partial charge in [-0.05, 0) is 77.6 Å². The molecule has 0 saturated carbocycles. The molecule has 208 valence electrons.